The molecular formula is C30H36N2O8S. The highest BCUT2D eigenvalue weighted by Crippen LogP contribution is 2.52. The molecule has 1 saturated carbocycles. The van der Waals surface area contributed by atoms with Crippen LogP contribution in [-0.4, -0.2) is 56.8 Å². The van der Waals surface area contributed by atoms with Crippen LogP contribution in [0.5, 0.6) is 34.5 Å². The molecule has 11 heteroatoms. The summed E-state index contributed by atoms with van der Waals surface area (Å²) in [5.41, 5.74) is 2.20. The molecule has 10 nitrogen and oxygen atoms in total. The number of nitrogens with zero attached hydrogens (tertiary/aromatic N) is 1. The quantitative estimate of drug-likeness (QED) is 0.318. The SMILES string of the molecule is COc1cc(C2(c3cc(OC)c(OC)c(OC)c3)CCCC2=NNS(=O)(=O)c2ccc(C)cc2)cc(OC)c1OC. The summed E-state index contributed by atoms with van der Waals surface area (Å²) >= 11 is 0. The van der Waals surface area contributed by atoms with Gasteiger partial charge in [0.15, 0.2) is 23.0 Å². The number of methoxy groups -OCH3 is 6. The first-order valence-corrected chi connectivity index (χ1v) is 14.4. The predicted octanol–water partition coefficient (Wildman–Crippen LogP) is 4.85. The lowest BCUT2D eigenvalue weighted by molar-refractivity contribution is 0.321. The van der Waals surface area contributed by atoms with Crippen molar-refractivity contribution in [2.24, 2.45) is 5.10 Å². The molecule has 41 heavy (non-hydrogen) atoms. The van der Waals surface area contributed by atoms with E-state index in [9.17, 15) is 8.42 Å². The fourth-order valence-corrected chi connectivity index (χ4v) is 6.19. The number of nitrogens with one attached hydrogen (secondary N) is 1. The molecule has 220 valence electrons. The number of benzene rings is 3. The minimum absolute atomic E-state index is 0.122. The molecule has 0 heterocycles. The van der Waals surface area contributed by atoms with E-state index in [1.54, 1.807) is 52.7 Å². The van der Waals surface area contributed by atoms with Gasteiger partial charge in [-0.1, -0.05) is 17.7 Å². The second-order valence-corrected chi connectivity index (χ2v) is 11.2. The predicted molar refractivity (Wildman–Crippen MR) is 156 cm³/mol. The van der Waals surface area contributed by atoms with Crippen LogP contribution in [0.15, 0.2) is 58.5 Å². The molecule has 0 aromatic heterocycles. The standard InChI is InChI=1S/C30H36N2O8S/c1-19-10-12-22(13-11-19)41(33,34)32-31-27-9-8-14-30(27,20-15-23(35-2)28(39-6)24(16-20)36-3)21-17-25(37-4)29(40-7)26(18-21)38-5/h10-13,15-18,32H,8-9,14H2,1-7H3. The van der Waals surface area contributed by atoms with Crippen LogP contribution in [0.4, 0.5) is 0 Å². The summed E-state index contributed by atoms with van der Waals surface area (Å²) in [7, 11) is 5.34. The summed E-state index contributed by atoms with van der Waals surface area (Å²) in [4.78, 5) is 2.60. The minimum atomic E-state index is -3.93. The van der Waals surface area contributed by atoms with E-state index >= 15 is 0 Å². The molecule has 1 aliphatic carbocycles. The zero-order valence-corrected chi connectivity index (χ0v) is 25.2. The van der Waals surface area contributed by atoms with Gasteiger partial charge >= 0.3 is 0 Å². The van der Waals surface area contributed by atoms with Crippen molar-refractivity contribution in [2.75, 3.05) is 42.7 Å². The molecule has 0 unspecified atom stereocenters. The second-order valence-electron chi connectivity index (χ2n) is 9.55. The maximum atomic E-state index is 13.2. The Labute approximate surface area is 241 Å². The first-order valence-electron chi connectivity index (χ1n) is 13.0. The summed E-state index contributed by atoms with van der Waals surface area (Å²) in [6, 6.07) is 14.0. The van der Waals surface area contributed by atoms with Gasteiger partial charge in [-0.25, -0.2) is 4.83 Å². The molecule has 1 aliphatic rings. The van der Waals surface area contributed by atoms with Crippen LogP contribution in [0, 0.1) is 6.92 Å². The van der Waals surface area contributed by atoms with Crippen molar-refractivity contribution < 1.29 is 36.8 Å². The smallest absolute Gasteiger partial charge is 0.276 e. The summed E-state index contributed by atoms with van der Waals surface area (Å²) in [6.45, 7) is 1.89. The summed E-state index contributed by atoms with van der Waals surface area (Å²) in [6.07, 6.45) is 1.87. The Kier molecular flexibility index (Phi) is 8.86. The van der Waals surface area contributed by atoms with Crippen LogP contribution in [0.25, 0.3) is 0 Å². The van der Waals surface area contributed by atoms with E-state index in [-0.39, 0.29) is 4.90 Å². The number of rotatable bonds is 11. The molecule has 1 N–H and O–H groups in total. The summed E-state index contributed by atoms with van der Waals surface area (Å²) in [5, 5.41) is 4.56. The molecule has 0 saturated heterocycles. The van der Waals surface area contributed by atoms with Crippen molar-refractivity contribution in [2.45, 2.75) is 36.5 Å². The third-order valence-corrected chi connectivity index (χ3v) is 8.63. The van der Waals surface area contributed by atoms with Crippen LogP contribution in [0.1, 0.15) is 36.0 Å². The molecule has 4 rings (SSSR count). The number of aryl methyl sites for hydroxylation is 1. The fraction of sp³-hybridized carbons (Fsp3) is 0.367. The van der Waals surface area contributed by atoms with Crippen molar-refractivity contribution >= 4 is 15.7 Å². The molecule has 3 aromatic carbocycles. The molecule has 0 aliphatic heterocycles. The van der Waals surface area contributed by atoms with E-state index in [4.69, 9.17) is 28.4 Å². The van der Waals surface area contributed by atoms with Gasteiger partial charge in [-0.15, -0.1) is 0 Å². The highest BCUT2D eigenvalue weighted by atomic mass is 32.2. The number of hydrazone groups is 1. The molecule has 3 aromatic rings. The molecular weight excluding hydrogens is 548 g/mol. The Morgan fingerprint density at radius 1 is 0.707 bits per heavy atom. The minimum Gasteiger partial charge on any atom is -0.493 e. The number of sulfonamides is 1. The average Bonchev–Trinajstić information content (AvgIpc) is 3.43. The van der Waals surface area contributed by atoms with E-state index in [0.29, 0.717) is 53.1 Å². The Morgan fingerprint density at radius 2 is 1.15 bits per heavy atom. The Balaban J connectivity index is 1.98. The van der Waals surface area contributed by atoms with Crippen molar-refractivity contribution in [1.82, 2.24) is 4.83 Å². The molecule has 1 fully saturated rings. The zero-order chi connectivity index (χ0) is 29.8. The van der Waals surface area contributed by atoms with Gasteiger partial charge in [0.05, 0.1) is 58.7 Å². The number of ether oxygens (including phenoxy) is 6. The highest BCUT2D eigenvalue weighted by molar-refractivity contribution is 7.89. The van der Waals surface area contributed by atoms with Crippen LogP contribution < -0.4 is 33.3 Å². The van der Waals surface area contributed by atoms with Gasteiger partial charge < -0.3 is 28.4 Å². The first-order chi connectivity index (χ1) is 19.7. The number of hydrogen-bond acceptors (Lipinski definition) is 9. The average molecular weight is 585 g/mol. The molecule has 0 atom stereocenters. The largest absolute Gasteiger partial charge is 0.493 e. The van der Waals surface area contributed by atoms with Gasteiger partial charge in [0, 0.05) is 0 Å². The van der Waals surface area contributed by atoms with Gasteiger partial charge in [0.25, 0.3) is 10.0 Å². The molecule has 0 spiro atoms. The Morgan fingerprint density at radius 3 is 1.54 bits per heavy atom. The lowest BCUT2D eigenvalue weighted by atomic mass is 9.71. The van der Waals surface area contributed by atoms with Gasteiger partial charge in [0.1, 0.15) is 0 Å². The van der Waals surface area contributed by atoms with E-state index in [0.717, 1.165) is 23.1 Å². The monoisotopic (exact) mass is 584 g/mol. The normalized spacial score (nSPS) is 15.3. The highest BCUT2D eigenvalue weighted by Gasteiger charge is 2.45. The lowest BCUT2D eigenvalue weighted by Gasteiger charge is -2.33. The van der Waals surface area contributed by atoms with Crippen LogP contribution in [0.2, 0.25) is 0 Å². The van der Waals surface area contributed by atoms with Gasteiger partial charge in [0.2, 0.25) is 11.5 Å². The second kappa shape index (κ2) is 12.2. The Hall–Kier alpha value is -4.12. The topological polar surface area (TPSA) is 114 Å². The van der Waals surface area contributed by atoms with Crippen molar-refractivity contribution in [1.29, 1.82) is 0 Å². The van der Waals surface area contributed by atoms with E-state index in [1.807, 2.05) is 31.2 Å². The molecule has 0 radical (unpaired) electrons. The van der Waals surface area contributed by atoms with Crippen LogP contribution in [-0.2, 0) is 15.4 Å². The van der Waals surface area contributed by atoms with Gasteiger partial charge in [-0.2, -0.15) is 13.5 Å². The molecule has 0 amide bonds. The van der Waals surface area contributed by atoms with E-state index < -0.39 is 15.4 Å². The number of hydrogen-bond donors (Lipinski definition) is 1. The van der Waals surface area contributed by atoms with E-state index in [1.165, 1.54) is 14.2 Å². The lowest BCUT2D eigenvalue weighted by Crippen LogP contribution is -2.35. The maximum Gasteiger partial charge on any atom is 0.276 e. The third kappa shape index (κ3) is 5.46. The zero-order valence-electron chi connectivity index (χ0n) is 24.4. The van der Waals surface area contributed by atoms with Crippen LogP contribution >= 0.6 is 0 Å². The first kappa shape index (κ1) is 29.9. The third-order valence-electron chi connectivity index (χ3n) is 7.41. The van der Waals surface area contributed by atoms with Crippen molar-refractivity contribution in [3.05, 3.63) is 65.2 Å². The van der Waals surface area contributed by atoms with Crippen molar-refractivity contribution in [3.63, 3.8) is 0 Å². The van der Waals surface area contributed by atoms with E-state index in [2.05, 4.69) is 9.93 Å². The Bertz CT molecular complexity index is 1420. The molecule has 0 bridgehead atoms. The van der Waals surface area contributed by atoms with Crippen LogP contribution in [0.3, 0.4) is 0 Å². The van der Waals surface area contributed by atoms with Gasteiger partial charge in [-0.05, 0) is 73.7 Å². The summed E-state index contributed by atoms with van der Waals surface area (Å²) in [5.74, 6) is 2.71. The summed E-state index contributed by atoms with van der Waals surface area (Å²) < 4.78 is 60.3. The van der Waals surface area contributed by atoms with Crippen molar-refractivity contribution in [3.8, 4) is 34.5 Å². The fourth-order valence-electron chi connectivity index (χ4n) is 5.36. The maximum absolute atomic E-state index is 13.2. The van der Waals surface area contributed by atoms with Gasteiger partial charge in [-0.3, -0.25) is 0 Å².